The summed E-state index contributed by atoms with van der Waals surface area (Å²) >= 11 is 0. The van der Waals surface area contributed by atoms with E-state index in [-0.39, 0.29) is 5.91 Å². The number of benzene rings is 1. The summed E-state index contributed by atoms with van der Waals surface area (Å²) in [5.74, 6) is 0.297. The summed E-state index contributed by atoms with van der Waals surface area (Å²) in [4.78, 5) is 12.4. The quantitative estimate of drug-likeness (QED) is 0.903. The number of anilines is 1. The zero-order chi connectivity index (χ0) is 17.0. The number of carbonyl (C=O) groups is 1. The first kappa shape index (κ1) is 16.5. The van der Waals surface area contributed by atoms with Crippen molar-refractivity contribution >= 4 is 21.6 Å². The van der Waals surface area contributed by atoms with E-state index >= 15 is 0 Å². The smallest absolute Gasteiger partial charge is 0.243 e. The van der Waals surface area contributed by atoms with Gasteiger partial charge in [0, 0.05) is 18.8 Å². The van der Waals surface area contributed by atoms with Crippen LogP contribution in [0, 0.1) is 12.8 Å². The number of carbonyl (C=O) groups excluding carboxylic acids is 1. The number of amides is 1. The summed E-state index contributed by atoms with van der Waals surface area (Å²) < 4.78 is 27.6. The van der Waals surface area contributed by atoms with Crippen LogP contribution >= 0.6 is 0 Å². The van der Waals surface area contributed by atoms with Gasteiger partial charge in [-0.15, -0.1) is 0 Å². The molecule has 2 aliphatic heterocycles. The third kappa shape index (κ3) is 2.58. The second kappa shape index (κ2) is 5.31. The molecule has 2 aliphatic rings. The largest absolute Gasteiger partial charge is 0.325 e. The van der Waals surface area contributed by atoms with E-state index in [1.807, 2.05) is 20.8 Å². The van der Waals surface area contributed by atoms with Crippen molar-refractivity contribution in [3.63, 3.8) is 0 Å². The number of nitrogens with zero attached hydrogens (tertiary/aromatic N) is 1. The maximum atomic E-state index is 13.0. The number of aryl methyl sites for hydroxylation is 1. The van der Waals surface area contributed by atoms with Crippen LogP contribution in [0.4, 0.5) is 5.69 Å². The second-order valence-electron chi connectivity index (χ2n) is 7.35. The van der Waals surface area contributed by atoms with Gasteiger partial charge >= 0.3 is 0 Å². The molecule has 5 nitrogen and oxygen atoms in total. The van der Waals surface area contributed by atoms with E-state index in [9.17, 15) is 13.2 Å². The van der Waals surface area contributed by atoms with Crippen molar-refractivity contribution in [1.82, 2.24) is 4.31 Å². The molecule has 0 spiro atoms. The van der Waals surface area contributed by atoms with Crippen molar-refractivity contribution < 1.29 is 13.2 Å². The average molecular weight is 336 g/mol. The van der Waals surface area contributed by atoms with Gasteiger partial charge in [0.25, 0.3) is 0 Å². The van der Waals surface area contributed by atoms with Gasteiger partial charge in [0.15, 0.2) is 0 Å². The van der Waals surface area contributed by atoms with Gasteiger partial charge in [-0.25, -0.2) is 8.42 Å². The molecule has 0 bridgehead atoms. The minimum absolute atomic E-state index is 0.0863. The number of rotatable bonds is 2. The Balaban J connectivity index is 2.07. The molecule has 0 aliphatic carbocycles. The highest BCUT2D eigenvalue weighted by molar-refractivity contribution is 7.89. The molecule has 126 valence electrons. The molecule has 0 aromatic heterocycles. The average Bonchev–Trinajstić information content (AvgIpc) is 2.70. The van der Waals surface area contributed by atoms with Crippen LogP contribution in [-0.4, -0.2) is 31.7 Å². The molecule has 1 aromatic rings. The normalized spacial score (nSPS) is 24.3. The lowest BCUT2D eigenvalue weighted by atomic mass is 9.85. The summed E-state index contributed by atoms with van der Waals surface area (Å²) in [7, 11) is -3.51. The van der Waals surface area contributed by atoms with Crippen molar-refractivity contribution in [2.24, 2.45) is 5.92 Å². The van der Waals surface area contributed by atoms with Crippen molar-refractivity contribution in [2.75, 3.05) is 18.4 Å². The van der Waals surface area contributed by atoms with Gasteiger partial charge in [-0.3, -0.25) is 4.79 Å². The number of nitrogens with one attached hydrogen (secondary N) is 1. The highest BCUT2D eigenvalue weighted by atomic mass is 32.2. The van der Waals surface area contributed by atoms with E-state index in [1.54, 1.807) is 16.4 Å². The number of fused-ring (bicyclic) bond motifs is 1. The van der Waals surface area contributed by atoms with Crippen LogP contribution in [0.3, 0.4) is 0 Å². The standard InChI is InChI=1S/C17H24N2O3S/c1-11-6-5-7-19(10-11)23(21,22)13-8-12(2)15-14(9-13)17(3,4)16(20)18-15/h8-9,11H,5-7,10H2,1-4H3,(H,18,20). The predicted molar refractivity (Wildman–Crippen MR) is 90.0 cm³/mol. The van der Waals surface area contributed by atoms with Crippen LogP contribution < -0.4 is 5.32 Å². The van der Waals surface area contributed by atoms with Gasteiger partial charge in [-0.05, 0) is 62.8 Å². The molecule has 1 amide bonds. The highest BCUT2D eigenvalue weighted by Gasteiger charge is 2.40. The van der Waals surface area contributed by atoms with E-state index < -0.39 is 15.4 Å². The molecule has 1 fully saturated rings. The third-order valence-electron chi connectivity index (χ3n) is 5.05. The first-order valence-electron chi connectivity index (χ1n) is 8.11. The van der Waals surface area contributed by atoms with E-state index in [0.717, 1.165) is 29.7 Å². The van der Waals surface area contributed by atoms with E-state index in [0.29, 0.717) is 23.9 Å². The molecule has 1 atom stereocenters. The summed E-state index contributed by atoms with van der Waals surface area (Å²) in [5, 5.41) is 2.87. The minimum atomic E-state index is -3.51. The Morgan fingerprint density at radius 2 is 2.00 bits per heavy atom. The molecule has 6 heteroatoms. The van der Waals surface area contributed by atoms with E-state index in [2.05, 4.69) is 12.2 Å². The monoisotopic (exact) mass is 336 g/mol. The van der Waals surface area contributed by atoms with E-state index in [1.165, 1.54) is 0 Å². The Hall–Kier alpha value is -1.40. The van der Waals surface area contributed by atoms with Crippen molar-refractivity contribution in [3.05, 3.63) is 23.3 Å². The lowest BCUT2D eigenvalue weighted by molar-refractivity contribution is -0.119. The Kier molecular flexibility index (Phi) is 3.80. The Labute approximate surface area is 138 Å². The van der Waals surface area contributed by atoms with Crippen LogP contribution in [0.2, 0.25) is 0 Å². The molecule has 1 aromatic carbocycles. The molecule has 23 heavy (non-hydrogen) atoms. The van der Waals surface area contributed by atoms with Gasteiger partial charge in [0.2, 0.25) is 15.9 Å². The SMILES string of the molecule is Cc1cc(S(=O)(=O)N2CCCC(C)C2)cc2c1NC(=O)C2(C)C. The van der Waals surface area contributed by atoms with Crippen molar-refractivity contribution in [2.45, 2.75) is 50.8 Å². The first-order chi connectivity index (χ1) is 10.6. The van der Waals surface area contributed by atoms with Crippen LogP contribution in [0.1, 0.15) is 44.7 Å². The van der Waals surface area contributed by atoms with Gasteiger partial charge in [0.1, 0.15) is 0 Å². The predicted octanol–water partition coefficient (Wildman–Crippen LogP) is 2.65. The Bertz CT molecular complexity index is 768. The van der Waals surface area contributed by atoms with Crippen LogP contribution in [0.15, 0.2) is 17.0 Å². The number of hydrogen-bond acceptors (Lipinski definition) is 3. The van der Waals surface area contributed by atoms with Crippen molar-refractivity contribution in [1.29, 1.82) is 0 Å². The third-order valence-corrected chi connectivity index (χ3v) is 6.89. The second-order valence-corrected chi connectivity index (χ2v) is 9.29. The van der Waals surface area contributed by atoms with Gasteiger partial charge < -0.3 is 5.32 Å². The fourth-order valence-corrected chi connectivity index (χ4v) is 5.18. The lowest BCUT2D eigenvalue weighted by Crippen LogP contribution is -2.39. The maximum absolute atomic E-state index is 13.0. The summed E-state index contributed by atoms with van der Waals surface area (Å²) in [5.41, 5.74) is 1.61. The molecule has 1 N–H and O–H groups in total. The number of sulfonamides is 1. The molecule has 0 radical (unpaired) electrons. The van der Waals surface area contributed by atoms with E-state index in [4.69, 9.17) is 0 Å². The molecular weight excluding hydrogens is 312 g/mol. The van der Waals surface area contributed by atoms with Crippen molar-refractivity contribution in [3.8, 4) is 0 Å². The minimum Gasteiger partial charge on any atom is -0.325 e. The molecule has 2 heterocycles. The highest BCUT2D eigenvalue weighted by Crippen LogP contribution is 2.41. The fraction of sp³-hybridized carbons (Fsp3) is 0.588. The van der Waals surface area contributed by atoms with Gasteiger partial charge in [-0.1, -0.05) is 6.92 Å². The number of piperidine rings is 1. The van der Waals surface area contributed by atoms with Gasteiger partial charge in [-0.2, -0.15) is 4.31 Å². The topological polar surface area (TPSA) is 66.5 Å². The Morgan fingerprint density at radius 3 is 2.65 bits per heavy atom. The molecule has 0 saturated carbocycles. The summed E-state index contributed by atoms with van der Waals surface area (Å²) in [6, 6.07) is 3.35. The zero-order valence-corrected chi connectivity index (χ0v) is 15.0. The lowest BCUT2D eigenvalue weighted by Gasteiger charge is -2.30. The van der Waals surface area contributed by atoms with Crippen LogP contribution in [-0.2, 0) is 20.2 Å². The molecule has 1 saturated heterocycles. The van der Waals surface area contributed by atoms with Crippen LogP contribution in [0.5, 0.6) is 0 Å². The summed E-state index contributed by atoms with van der Waals surface area (Å²) in [6.45, 7) is 8.72. The molecule has 1 unspecified atom stereocenters. The Morgan fingerprint density at radius 1 is 1.30 bits per heavy atom. The van der Waals surface area contributed by atoms with Crippen LogP contribution in [0.25, 0.3) is 0 Å². The molecular formula is C17H24N2O3S. The first-order valence-corrected chi connectivity index (χ1v) is 9.55. The fourth-order valence-electron chi connectivity index (χ4n) is 3.47. The summed E-state index contributed by atoms with van der Waals surface area (Å²) in [6.07, 6.45) is 1.97. The molecule has 3 rings (SSSR count). The zero-order valence-electron chi connectivity index (χ0n) is 14.1. The maximum Gasteiger partial charge on any atom is 0.243 e. The number of hydrogen-bond donors (Lipinski definition) is 1. The van der Waals surface area contributed by atoms with Gasteiger partial charge in [0.05, 0.1) is 10.3 Å².